The Morgan fingerprint density at radius 2 is 1.90 bits per heavy atom. The quantitative estimate of drug-likeness (QED) is 0.851. The minimum absolute atomic E-state index is 0.218. The molecule has 0 radical (unpaired) electrons. The van der Waals surface area contributed by atoms with Gasteiger partial charge < -0.3 is 5.32 Å². The molecule has 0 saturated carbocycles. The Labute approximate surface area is 121 Å². The Morgan fingerprint density at radius 1 is 1.19 bits per heavy atom. The van der Waals surface area contributed by atoms with Gasteiger partial charge in [0.1, 0.15) is 16.5 Å². The van der Waals surface area contributed by atoms with E-state index in [1.165, 1.54) is 18.2 Å². The van der Waals surface area contributed by atoms with E-state index in [0.717, 1.165) is 12.1 Å². The minimum Gasteiger partial charge on any atom is -0.388 e. The summed E-state index contributed by atoms with van der Waals surface area (Å²) in [6, 6.07) is 5.93. The maximum atomic E-state index is 13.9. The maximum absolute atomic E-state index is 13.9. The van der Waals surface area contributed by atoms with Gasteiger partial charge in [0, 0.05) is 12.7 Å². The first-order valence-corrected chi connectivity index (χ1v) is 7.45. The average Bonchev–Trinajstić information content (AvgIpc) is 2.40. The molecule has 0 aliphatic carbocycles. The lowest BCUT2D eigenvalue weighted by atomic mass is 10.2. The van der Waals surface area contributed by atoms with Crippen LogP contribution in [0.25, 0.3) is 0 Å². The fourth-order valence-corrected chi connectivity index (χ4v) is 2.93. The van der Waals surface area contributed by atoms with Crippen LogP contribution in [-0.2, 0) is 10.0 Å². The molecule has 0 atom stereocenters. The first-order chi connectivity index (χ1) is 9.83. The van der Waals surface area contributed by atoms with Crippen LogP contribution in [0.2, 0.25) is 0 Å². The van der Waals surface area contributed by atoms with E-state index in [1.54, 1.807) is 14.0 Å². The molecular formula is C13H13F2N3O2S. The van der Waals surface area contributed by atoms with Gasteiger partial charge in [-0.1, -0.05) is 6.07 Å². The summed E-state index contributed by atoms with van der Waals surface area (Å²) in [4.78, 5) is 2.85. The molecule has 21 heavy (non-hydrogen) atoms. The Kier molecular flexibility index (Phi) is 4.08. The van der Waals surface area contributed by atoms with Crippen molar-refractivity contribution in [1.29, 1.82) is 0 Å². The predicted molar refractivity (Wildman–Crippen MR) is 75.7 cm³/mol. The van der Waals surface area contributed by atoms with Crippen LogP contribution in [0.4, 0.5) is 20.3 Å². The van der Waals surface area contributed by atoms with Crippen LogP contribution in [0.15, 0.2) is 35.2 Å². The van der Waals surface area contributed by atoms with Crippen molar-refractivity contribution in [2.45, 2.75) is 11.8 Å². The number of rotatable bonds is 4. The third kappa shape index (κ3) is 3.27. The number of aromatic nitrogens is 1. The molecule has 0 unspecified atom stereocenters. The van der Waals surface area contributed by atoms with E-state index in [-0.39, 0.29) is 5.82 Å². The molecule has 2 aromatic rings. The van der Waals surface area contributed by atoms with Gasteiger partial charge in [0.25, 0.3) is 10.0 Å². The van der Waals surface area contributed by atoms with Crippen molar-refractivity contribution >= 4 is 21.5 Å². The Hall–Kier alpha value is -2.22. The highest BCUT2D eigenvalue weighted by molar-refractivity contribution is 7.92. The van der Waals surface area contributed by atoms with Gasteiger partial charge in [0.2, 0.25) is 5.95 Å². The van der Waals surface area contributed by atoms with Gasteiger partial charge in [0.15, 0.2) is 0 Å². The topological polar surface area (TPSA) is 71.1 Å². The molecule has 112 valence electrons. The molecular weight excluding hydrogens is 300 g/mol. The summed E-state index contributed by atoms with van der Waals surface area (Å²) < 4.78 is 53.2. The molecule has 1 aromatic carbocycles. The summed E-state index contributed by atoms with van der Waals surface area (Å²) in [5, 5.41) is 2.75. The minimum atomic E-state index is -4.19. The first kappa shape index (κ1) is 15.2. The molecule has 0 amide bonds. The van der Waals surface area contributed by atoms with Crippen molar-refractivity contribution in [2.24, 2.45) is 0 Å². The molecule has 5 nitrogen and oxygen atoms in total. The number of sulfonamides is 1. The van der Waals surface area contributed by atoms with E-state index in [4.69, 9.17) is 0 Å². The normalized spacial score (nSPS) is 11.2. The maximum Gasteiger partial charge on any atom is 0.265 e. The number of hydrogen-bond donors (Lipinski definition) is 2. The van der Waals surface area contributed by atoms with E-state index in [9.17, 15) is 17.2 Å². The number of halogens is 2. The Bertz CT molecular complexity index is 779. The average molecular weight is 313 g/mol. The highest BCUT2D eigenvalue weighted by atomic mass is 32.2. The molecule has 1 aromatic heterocycles. The Morgan fingerprint density at radius 3 is 2.52 bits per heavy atom. The molecule has 1 heterocycles. The second-order valence-electron chi connectivity index (χ2n) is 4.30. The van der Waals surface area contributed by atoms with Crippen LogP contribution >= 0.6 is 0 Å². The van der Waals surface area contributed by atoms with E-state index in [0.29, 0.717) is 11.3 Å². The zero-order chi connectivity index (χ0) is 15.6. The van der Waals surface area contributed by atoms with Crippen molar-refractivity contribution in [2.75, 3.05) is 17.1 Å². The van der Waals surface area contributed by atoms with E-state index >= 15 is 0 Å². The second-order valence-corrected chi connectivity index (χ2v) is 5.95. The summed E-state index contributed by atoms with van der Waals surface area (Å²) in [5.41, 5.74) is 1.04. The van der Waals surface area contributed by atoms with E-state index < -0.39 is 26.7 Å². The fraction of sp³-hybridized carbons (Fsp3) is 0.154. The summed E-state index contributed by atoms with van der Waals surface area (Å²) in [6.45, 7) is 1.64. The van der Waals surface area contributed by atoms with Crippen LogP contribution < -0.4 is 10.0 Å². The van der Waals surface area contributed by atoms with Crippen molar-refractivity contribution in [3.63, 3.8) is 0 Å². The van der Waals surface area contributed by atoms with Crippen LogP contribution in [0, 0.1) is 18.7 Å². The molecule has 8 heteroatoms. The van der Waals surface area contributed by atoms with Crippen LogP contribution in [0.1, 0.15) is 5.56 Å². The number of nitrogens with zero attached hydrogens (tertiary/aromatic N) is 1. The van der Waals surface area contributed by atoms with Crippen molar-refractivity contribution in [3.05, 3.63) is 47.7 Å². The van der Waals surface area contributed by atoms with Gasteiger partial charge in [-0.15, -0.1) is 0 Å². The lowest BCUT2D eigenvalue weighted by molar-refractivity contribution is 0.569. The lowest BCUT2D eigenvalue weighted by Crippen LogP contribution is -2.16. The number of nitrogens with one attached hydrogen (secondary N) is 2. The van der Waals surface area contributed by atoms with Gasteiger partial charge in [0.05, 0.1) is 0 Å². The molecule has 2 rings (SSSR count). The Balaban J connectivity index is 2.42. The number of pyridine rings is 1. The van der Waals surface area contributed by atoms with E-state index in [1.807, 2.05) is 4.72 Å². The van der Waals surface area contributed by atoms with E-state index in [2.05, 4.69) is 10.3 Å². The van der Waals surface area contributed by atoms with Crippen LogP contribution in [0.3, 0.4) is 0 Å². The van der Waals surface area contributed by atoms with Crippen molar-refractivity contribution in [1.82, 2.24) is 4.98 Å². The third-order valence-corrected chi connectivity index (χ3v) is 4.16. The number of anilines is 2. The molecule has 0 fully saturated rings. The summed E-state index contributed by atoms with van der Waals surface area (Å²) in [7, 11) is -2.59. The molecule has 0 spiro atoms. The summed E-state index contributed by atoms with van der Waals surface area (Å²) in [5.74, 6) is -1.96. The monoisotopic (exact) mass is 313 g/mol. The summed E-state index contributed by atoms with van der Waals surface area (Å²) in [6.07, 6.45) is 0. The van der Waals surface area contributed by atoms with Gasteiger partial charge in [-0.2, -0.15) is 4.39 Å². The number of aryl methyl sites for hydroxylation is 1. The smallest absolute Gasteiger partial charge is 0.265 e. The molecule has 0 bridgehead atoms. The van der Waals surface area contributed by atoms with Crippen LogP contribution in [0.5, 0.6) is 0 Å². The molecule has 0 aliphatic rings. The standard InChI is InChI=1S/C13H13F2N3O2S/c1-8-6-11(9(14)7-10(8)16-2)21(19,20)18-13-5-3-4-12(15)17-13/h3-7,16H,1-2H3,(H,17,18). The second kappa shape index (κ2) is 5.65. The largest absolute Gasteiger partial charge is 0.388 e. The van der Waals surface area contributed by atoms with Gasteiger partial charge >= 0.3 is 0 Å². The highest BCUT2D eigenvalue weighted by Gasteiger charge is 2.21. The third-order valence-electron chi connectivity index (χ3n) is 2.79. The fourth-order valence-electron chi connectivity index (χ4n) is 1.79. The zero-order valence-corrected chi connectivity index (χ0v) is 12.1. The lowest BCUT2D eigenvalue weighted by Gasteiger charge is -2.11. The van der Waals surface area contributed by atoms with Gasteiger partial charge in [-0.3, -0.25) is 4.72 Å². The first-order valence-electron chi connectivity index (χ1n) is 5.97. The predicted octanol–water partition coefficient (Wildman–Crippen LogP) is 2.51. The SMILES string of the molecule is CNc1cc(F)c(S(=O)(=O)Nc2cccc(F)n2)cc1C. The van der Waals surface area contributed by atoms with Crippen molar-refractivity contribution in [3.8, 4) is 0 Å². The van der Waals surface area contributed by atoms with Crippen LogP contribution in [-0.4, -0.2) is 20.4 Å². The molecule has 0 saturated heterocycles. The summed E-state index contributed by atoms with van der Waals surface area (Å²) >= 11 is 0. The highest BCUT2D eigenvalue weighted by Crippen LogP contribution is 2.24. The van der Waals surface area contributed by atoms with Gasteiger partial charge in [-0.05, 0) is 36.8 Å². The number of benzene rings is 1. The van der Waals surface area contributed by atoms with Gasteiger partial charge in [-0.25, -0.2) is 17.8 Å². The zero-order valence-electron chi connectivity index (χ0n) is 11.3. The molecule has 2 N–H and O–H groups in total. The molecule has 0 aliphatic heterocycles. The number of hydrogen-bond acceptors (Lipinski definition) is 4. The van der Waals surface area contributed by atoms with Crippen molar-refractivity contribution < 1.29 is 17.2 Å².